The molecule has 1 atom stereocenters. The summed E-state index contributed by atoms with van der Waals surface area (Å²) in [6, 6.07) is 15.9. The maximum absolute atomic E-state index is 3.53. The van der Waals surface area contributed by atoms with Crippen LogP contribution in [-0.2, 0) is 13.0 Å². The zero-order chi connectivity index (χ0) is 14.9. The van der Waals surface area contributed by atoms with E-state index in [9.17, 15) is 0 Å². The minimum atomic E-state index is 0.797. The molecule has 0 bridgehead atoms. The molecule has 3 aromatic rings. The Bertz CT molecular complexity index is 794. The minimum absolute atomic E-state index is 0.797. The Kier molecular flexibility index (Phi) is 3.63. The number of hydrogen-bond donors (Lipinski definition) is 1. The van der Waals surface area contributed by atoms with Crippen LogP contribution in [0.15, 0.2) is 42.5 Å². The van der Waals surface area contributed by atoms with E-state index < -0.39 is 0 Å². The van der Waals surface area contributed by atoms with Gasteiger partial charge in [0.1, 0.15) is 0 Å². The molecule has 2 aromatic carbocycles. The number of hydrogen-bond acceptors (Lipinski definition) is 1. The molecule has 114 valence electrons. The largest absolute Gasteiger partial charge is 0.341 e. The van der Waals surface area contributed by atoms with Crippen molar-refractivity contribution >= 4 is 21.8 Å². The van der Waals surface area contributed by atoms with E-state index in [1.54, 1.807) is 0 Å². The van der Waals surface area contributed by atoms with Gasteiger partial charge < -0.3 is 9.88 Å². The van der Waals surface area contributed by atoms with Crippen LogP contribution in [0.25, 0.3) is 21.8 Å². The SMILES string of the molecule is CCn1c2ccccc2c2cc(CC3CCCNC3)ccc21. The molecule has 1 aliphatic rings. The van der Waals surface area contributed by atoms with Gasteiger partial charge in [-0.2, -0.15) is 0 Å². The number of nitrogens with one attached hydrogen (secondary N) is 1. The van der Waals surface area contributed by atoms with Gasteiger partial charge in [0.15, 0.2) is 0 Å². The topological polar surface area (TPSA) is 17.0 Å². The molecule has 2 heteroatoms. The number of fused-ring (bicyclic) bond motifs is 3. The number of benzene rings is 2. The van der Waals surface area contributed by atoms with Crippen LogP contribution in [0.5, 0.6) is 0 Å². The van der Waals surface area contributed by atoms with Crippen molar-refractivity contribution in [1.82, 2.24) is 9.88 Å². The van der Waals surface area contributed by atoms with Crippen LogP contribution in [0.2, 0.25) is 0 Å². The molecule has 1 aromatic heterocycles. The molecule has 1 saturated heterocycles. The molecular formula is C20H24N2. The monoisotopic (exact) mass is 292 g/mol. The third kappa shape index (κ3) is 2.32. The van der Waals surface area contributed by atoms with E-state index in [-0.39, 0.29) is 0 Å². The Morgan fingerprint density at radius 2 is 1.95 bits per heavy atom. The molecule has 1 fully saturated rings. The summed E-state index contributed by atoms with van der Waals surface area (Å²) in [5.41, 5.74) is 4.21. The van der Waals surface area contributed by atoms with Gasteiger partial charge in [-0.1, -0.05) is 24.3 Å². The van der Waals surface area contributed by atoms with E-state index in [0.717, 1.165) is 12.5 Å². The third-order valence-electron chi connectivity index (χ3n) is 5.08. The number of rotatable bonds is 3. The van der Waals surface area contributed by atoms with Crippen molar-refractivity contribution in [2.24, 2.45) is 5.92 Å². The van der Waals surface area contributed by atoms with E-state index >= 15 is 0 Å². The summed E-state index contributed by atoms with van der Waals surface area (Å²) in [6.07, 6.45) is 3.89. The second-order valence-electron chi connectivity index (χ2n) is 6.53. The van der Waals surface area contributed by atoms with Crippen molar-refractivity contribution in [2.75, 3.05) is 13.1 Å². The lowest BCUT2D eigenvalue weighted by atomic mass is 9.92. The maximum atomic E-state index is 3.53. The summed E-state index contributed by atoms with van der Waals surface area (Å²) in [5.74, 6) is 0.797. The van der Waals surface area contributed by atoms with Crippen molar-refractivity contribution in [2.45, 2.75) is 32.7 Å². The fraction of sp³-hybridized carbons (Fsp3) is 0.400. The quantitative estimate of drug-likeness (QED) is 0.759. The van der Waals surface area contributed by atoms with Gasteiger partial charge in [0, 0.05) is 28.4 Å². The minimum Gasteiger partial charge on any atom is -0.341 e. The first-order valence-electron chi connectivity index (χ1n) is 8.57. The Balaban J connectivity index is 1.78. The van der Waals surface area contributed by atoms with Gasteiger partial charge >= 0.3 is 0 Å². The van der Waals surface area contributed by atoms with E-state index in [0.29, 0.717) is 0 Å². The number of piperidine rings is 1. The van der Waals surface area contributed by atoms with Crippen LogP contribution in [-0.4, -0.2) is 17.7 Å². The normalized spacial score (nSPS) is 19.0. The van der Waals surface area contributed by atoms with Crippen LogP contribution in [0.3, 0.4) is 0 Å². The van der Waals surface area contributed by atoms with Crippen molar-refractivity contribution in [3.05, 3.63) is 48.0 Å². The van der Waals surface area contributed by atoms with Crippen molar-refractivity contribution < 1.29 is 0 Å². The smallest absolute Gasteiger partial charge is 0.0491 e. The molecule has 0 amide bonds. The molecule has 4 rings (SSSR count). The third-order valence-corrected chi connectivity index (χ3v) is 5.08. The lowest BCUT2D eigenvalue weighted by molar-refractivity contribution is 0.376. The number of nitrogens with zero attached hydrogens (tertiary/aromatic N) is 1. The summed E-state index contributed by atoms with van der Waals surface area (Å²) in [4.78, 5) is 0. The van der Waals surface area contributed by atoms with Gasteiger partial charge in [-0.3, -0.25) is 0 Å². The molecule has 0 spiro atoms. The van der Waals surface area contributed by atoms with Gasteiger partial charge in [0.25, 0.3) is 0 Å². The summed E-state index contributed by atoms with van der Waals surface area (Å²) in [7, 11) is 0. The Hall–Kier alpha value is -1.80. The van der Waals surface area contributed by atoms with E-state index in [4.69, 9.17) is 0 Å². The highest BCUT2D eigenvalue weighted by Crippen LogP contribution is 2.30. The highest BCUT2D eigenvalue weighted by Gasteiger charge is 2.15. The van der Waals surface area contributed by atoms with Crippen LogP contribution in [0.4, 0.5) is 0 Å². The van der Waals surface area contributed by atoms with E-state index in [2.05, 4.69) is 59.3 Å². The number of aromatic nitrogens is 1. The van der Waals surface area contributed by atoms with Crippen LogP contribution >= 0.6 is 0 Å². The number of para-hydroxylation sites is 1. The van der Waals surface area contributed by atoms with E-state index in [1.807, 2.05) is 0 Å². The molecule has 22 heavy (non-hydrogen) atoms. The van der Waals surface area contributed by atoms with Crippen molar-refractivity contribution in [1.29, 1.82) is 0 Å². The second-order valence-corrected chi connectivity index (χ2v) is 6.53. The Morgan fingerprint density at radius 3 is 2.77 bits per heavy atom. The average Bonchev–Trinajstić information content (AvgIpc) is 2.89. The molecule has 1 aliphatic heterocycles. The fourth-order valence-electron chi connectivity index (χ4n) is 4.00. The van der Waals surface area contributed by atoms with Gasteiger partial charge in [-0.25, -0.2) is 0 Å². The summed E-state index contributed by atoms with van der Waals surface area (Å²) >= 11 is 0. The van der Waals surface area contributed by atoms with Crippen molar-refractivity contribution in [3.63, 3.8) is 0 Å². The van der Waals surface area contributed by atoms with Crippen molar-refractivity contribution in [3.8, 4) is 0 Å². The van der Waals surface area contributed by atoms with Crippen LogP contribution in [0.1, 0.15) is 25.3 Å². The molecule has 1 unspecified atom stereocenters. The predicted octanol–water partition coefficient (Wildman–Crippen LogP) is 4.36. The molecule has 0 aliphatic carbocycles. The first-order chi connectivity index (χ1) is 10.9. The Labute approximate surface area is 132 Å². The summed E-state index contributed by atoms with van der Waals surface area (Å²) < 4.78 is 2.43. The van der Waals surface area contributed by atoms with Gasteiger partial charge in [-0.15, -0.1) is 0 Å². The first-order valence-corrected chi connectivity index (χ1v) is 8.57. The molecule has 0 radical (unpaired) electrons. The van der Waals surface area contributed by atoms with E-state index in [1.165, 1.54) is 59.7 Å². The zero-order valence-corrected chi connectivity index (χ0v) is 13.3. The standard InChI is InChI=1S/C20H24N2/c1-2-22-19-8-4-3-7-17(19)18-13-15(9-10-20(18)22)12-16-6-5-11-21-14-16/h3-4,7-10,13,16,21H,2,5-6,11-12,14H2,1H3. The van der Waals surface area contributed by atoms with Gasteiger partial charge in [0.05, 0.1) is 0 Å². The van der Waals surface area contributed by atoms with Gasteiger partial charge in [0.2, 0.25) is 0 Å². The maximum Gasteiger partial charge on any atom is 0.0491 e. The van der Waals surface area contributed by atoms with Gasteiger partial charge in [-0.05, 0) is 69.0 Å². The highest BCUT2D eigenvalue weighted by molar-refractivity contribution is 6.08. The molecule has 2 nitrogen and oxygen atoms in total. The molecule has 2 heterocycles. The Morgan fingerprint density at radius 1 is 1.09 bits per heavy atom. The molecule has 1 N–H and O–H groups in total. The zero-order valence-electron chi connectivity index (χ0n) is 13.3. The molecule has 0 saturated carbocycles. The second kappa shape index (κ2) is 5.77. The first kappa shape index (κ1) is 13.8. The lowest BCUT2D eigenvalue weighted by Gasteiger charge is -2.22. The molecular weight excluding hydrogens is 268 g/mol. The highest BCUT2D eigenvalue weighted by atomic mass is 15.0. The summed E-state index contributed by atoms with van der Waals surface area (Å²) in [6.45, 7) is 5.62. The predicted molar refractivity (Wildman–Crippen MR) is 94.4 cm³/mol. The number of aryl methyl sites for hydroxylation is 1. The summed E-state index contributed by atoms with van der Waals surface area (Å²) in [5, 5.41) is 6.34. The lowest BCUT2D eigenvalue weighted by Crippen LogP contribution is -2.30. The fourth-order valence-corrected chi connectivity index (χ4v) is 4.00. The average molecular weight is 292 g/mol. The van der Waals surface area contributed by atoms with Crippen LogP contribution in [0, 0.1) is 5.92 Å². The van der Waals surface area contributed by atoms with Crippen LogP contribution < -0.4 is 5.32 Å².